The second-order valence-electron chi connectivity index (χ2n) is 11.1. The first-order valence-electron chi connectivity index (χ1n) is 13.2. The lowest BCUT2D eigenvalue weighted by atomic mass is 10.0. The van der Waals surface area contributed by atoms with E-state index in [2.05, 4.69) is 47.6 Å². The number of amides is 2. The number of rotatable bonds is 5. The van der Waals surface area contributed by atoms with Gasteiger partial charge in [0.2, 0.25) is 5.91 Å². The van der Waals surface area contributed by atoms with Gasteiger partial charge in [-0.25, -0.2) is 0 Å². The molecule has 1 aromatic heterocycles. The van der Waals surface area contributed by atoms with E-state index < -0.39 is 5.54 Å². The van der Waals surface area contributed by atoms with Crippen molar-refractivity contribution in [3.63, 3.8) is 0 Å². The van der Waals surface area contributed by atoms with E-state index in [4.69, 9.17) is 4.99 Å². The Hall–Kier alpha value is -3.48. The SMILES string of the molecule is Cc1nn(C)c2ccc(-c3ccc(C4=NC5(CC5)C(=O)N4C[C@@H]4CCN(C(=O)C5CC5)C4)cc3)cc12. The zero-order valence-corrected chi connectivity index (χ0v) is 20.9. The zero-order chi connectivity index (χ0) is 24.6. The number of amidine groups is 1. The summed E-state index contributed by atoms with van der Waals surface area (Å²) >= 11 is 0. The van der Waals surface area contributed by atoms with Crippen LogP contribution in [0.3, 0.4) is 0 Å². The highest BCUT2D eigenvalue weighted by atomic mass is 16.2. The Bertz CT molecular complexity index is 1430. The van der Waals surface area contributed by atoms with E-state index in [-0.39, 0.29) is 11.8 Å². The molecule has 3 aromatic rings. The van der Waals surface area contributed by atoms with Gasteiger partial charge in [-0.05, 0) is 68.2 Å². The molecular weight excluding hydrogens is 450 g/mol. The molecule has 36 heavy (non-hydrogen) atoms. The second kappa shape index (κ2) is 7.76. The highest BCUT2D eigenvalue weighted by molar-refractivity contribution is 6.16. The van der Waals surface area contributed by atoms with Crippen molar-refractivity contribution in [1.29, 1.82) is 0 Å². The Kier molecular flexibility index (Phi) is 4.69. The lowest BCUT2D eigenvalue weighted by molar-refractivity contribution is -0.131. The highest BCUT2D eigenvalue weighted by Crippen LogP contribution is 2.46. The smallest absolute Gasteiger partial charge is 0.256 e. The van der Waals surface area contributed by atoms with Gasteiger partial charge in [0.15, 0.2) is 0 Å². The van der Waals surface area contributed by atoms with Gasteiger partial charge in [-0.15, -0.1) is 0 Å². The maximum atomic E-state index is 13.4. The Morgan fingerprint density at radius 3 is 2.47 bits per heavy atom. The molecule has 0 radical (unpaired) electrons. The molecule has 7 rings (SSSR count). The van der Waals surface area contributed by atoms with Gasteiger partial charge < -0.3 is 4.90 Å². The Morgan fingerprint density at radius 2 is 1.75 bits per heavy atom. The van der Waals surface area contributed by atoms with Crippen LogP contribution in [0, 0.1) is 18.8 Å². The predicted molar refractivity (Wildman–Crippen MR) is 139 cm³/mol. The molecule has 7 heteroatoms. The van der Waals surface area contributed by atoms with Crippen LogP contribution in [0.5, 0.6) is 0 Å². The van der Waals surface area contributed by atoms with Crippen LogP contribution >= 0.6 is 0 Å². The average molecular weight is 482 g/mol. The second-order valence-corrected chi connectivity index (χ2v) is 11.1. The number of fused-ring (bicyclic) bond motifs is 1. The largest absolute Gasteiger partial charge is 0.342 e. The number of carbonyl (C=O) groups is 2. The Balaban J connectivity index is 1.13. The van der Waals surface area contributed by atoms with E-state index in [0.29, 0.717) is 18.4 Å². The number of nitrogens with zero attached hydrogens (tertiary/aromatic N) is 5. The molecule has 0 bridgehead atoms. The number of hydrogen-bond acceptors (Lipinski definition) is 4. The van der Waals surface area contributed by atoms with Crippen LogP contribution < -0.4 is 0 Å². The molecule has 1 spiro atoms. The molecule has 0 unspecified atom stereocenters. The minimum Gasteiger partial charge on any atom is -0.342 e. The van der Waals surface area contributed by atoms with Gasteiger partial charge in [-0.1, -0.05) is 30.3 Å². The number of benzene rings is 2. The molecule has 2 amide bonds. The molecule has 4 aliphatic rings. The summed E-state index contributed by atoms with van der Waals surface area (Å²) in [4.78, 5) is 34.8. The van der Waals surface area contributed by atoms with Crippen LogP contribution in [0.4, 0.5) is 0 Å². The molecule has 7 nitrogen and oxygen atoms in total. The van der Waals surface area contributed by atoms with Crippen molar-refractivity contribution < 1.29 is 9.59 Å². The van der Waals surface area contributed by atoms with Gasteiger partial charge in [0, 0.05) is 43.5 Å². The van der Waals surface area contributed by atoms with Crippen molar-refractivity contribution >= 4 is 28.6 Å². The Labute approximate surface area is 210 Å². The van der Waals surface area contributed by atoms with Gasteiger partial charge in [-0.3, -0.25) is 24.2 Å². The molecule has 3 fully saturated rings. The van der Waals surface area contributed by atoms with E-state index >= 15 is 0 Å². The number of hydrogen-bond donors (Lipinski definition) is 0. The fourth-order valence-electron chi connectivity index (χ4n) is 5.95. The summed E-state index contributed by atoms with van der Waals surface area (Å²) in [6, 6.07) is 14.9. The summed E-state index contributed by atoms with van der Waals surface area (Å²) in [7, 11) is 1.97. The standard InChI is InChI=1S/C29H31N5O2/c1-18-24-15-23(9-10-25(24)32(2)31-18)20-3-5-21(6-4-20)26-30-29(12-13-29)28(36)34(26)17-19-11-14-33(16-19)27(35)22-7-8-22/h3-6,9-10,15,19,22H,7-8,11-14,16-17H2,1-2H3/t19-/m1/s1. The first-order chi connectivity index (χ1) is 17.4. The molecular formula is C29H31N5O2. The fraction of sp³-hybridized carbons (Fsp3) is 0.448. The van der Waals surface area contributed by atoms with Crippen molar-refractivity contribution in [2.24, 2.45) is 23.9 Å². The van der Waals surface area contributed by atoms with Gasteiger partial charge >= 0.3 is 0 Å². The maximum absolute atomic E-state index is 13.4. The van der Waals surface area contributed by atoms with Crippen molar-refractivity contribution in [2.45, 2.75) is 44.6 Å². The van der Waals surface area contributed by atoms with E-state index in [9.17, 15) is 9.59 Å². The van der Waals surface area contributed by atoms with Crippen LogP contribution in [-0.2, 0) is 16.6 Å². The third-order valence-corrected chi connectivity index (χ3v) is 8.42. The van der Waals surface area contributed by atoms with Crippen LogP contribution in [0.1, 0.15) is 43.4 Å². The molecule has 2 aliphatic carbocycles. The van der Waals surface area contributed by atoms with Crippen molar-refractivity contribution in [3.05, 3.63) is 53.7 Å². The monoisotopic (exact) mass is 481 g/mol. The Morgan fingerprint density at radius 1 is 1.03 bits per heavy atom. The highest BCUT2D eigenvalue weighted by Gasteiger charge is 2.57. The van der Waals surface area contributed by atoms with Crippen molar-refractivity contribution in [3.8, 4) is 11.1 Å². The van der Waals surface area contributed by atoms with Crippen LogP contribution in [0.15, 0.2) is 47.5 Å². The minimum atomic E-state index is -0.529. The van der Waals surface area contributed by atoms with E-state index in [1.54, 1.807) is 0 Å². The first kappa shape index (κ1) is 21.8. The van der Waals surface area contributed by atoms with E-state index in [1.165, 1.54) is 0 Å². The fourth-order valence-corrected chi connectivity index (χ4v) is 5.95. The van der Waals surface area contributed by atoms with Crippen LogP contribution in [0.2, 0.25) is 0 Å². The maximum Gasteiger partial charge on any atom is 0.256 e. The predicted octanol–water partition coefficient (Wildman–Crippen LogP) is 3.93. The van der Waals surface area contributed by atoms with Gasteiger partial charge in [0.1, 0.15) is 11.4 Å². The van der Waals surface area contributed by atoms with E-state index in [0.717, 1.165) is 84.3 Å². The van der Waals surface area contributed by atoms with E-state index in [1.807, 2.05) is 28.5 Å². The summed E-state index contributed by atoms with van der Waals surface area (Å²) in [6.07, 6.45) is 4.71. The van der Waals surface area contributed by atoms with Crippen LogP contribution in [0.25, 0.3) is 22.0 Å². The summed E-state index contributed by atoms with van der Waals surface area (Å²) in [5, 5.41) is 5.70. The quantitative estimate of drug-likeness (QED) is 0.555. The number of aromatic nitrogens is 2. The average Bonchev–Trinajstić information content (AvgIpc) is 3.80. The molecule has 2 aromatic carbocycles. The molecule has 1 saturated heterocycles. The lowest BCUT2D eigenvalue weighted by Gasteiger charge is -2.23. The first-order valence-corrected chi connectivity index (χ1v) is 13.2. The molecule has 3 heterocycles. The topological polar surface area (TPSA) is 70.8 Å². The number of aliphatic imine (C=N–C) groups is 1. The van der Waals surface area contributed by atoms with Crippen molar-refractivity contribution in [2.75, 3.05) is 19.6 Å². The number of aryl methyl sites for hydroxylation is 2. The minimum absolute atomic E-state index is 0.144. The van der Waals surface area contributed by atoms with Gasteiger partial charge in [-0.2, -0.15) is 5.10 Å². The lowest BCUT2D eigenvalue weighted by Crippen LogP contribution is -2.40. The van der Waals surface area contributed by atoms with Crippen LogP contribution in [-0.4, -0.2) is 62.4 Å². The molecule has 2 saturated carbocycles. The van der Waals surface area contributed by atoms with Gasteiger partial charge in [0.05, 0.1) is 11.2 Å². The van der Waals surface area contributed by atoms with Crippen molar-refractivity contribution in [1.82, 2.24) is 19.6 Å². The summed E-state index contributed by atoms with van der Waals surface area (Å²) in [5.41, 5.74) is 4.89. The summed E-state index contributed by atoms with van der Waals surface area (Å²) in [5.74, 6) is 1.82. The molecule has 1 atom stereocenters. The molecule has 184 valence electrons. The number of likely N-dealkylation sites (tertiary alicyclic amines) is 1. The molecule has 2 aliphatic heterocycles. The summed E-state index contributed by atoms with van der Waals surface area (Å²) in [6.45, 7) is 4.26. The third-order valence-electron chi connectivity index (χ3n) is 8.42. The third kappa shape index (κ3) is 3.47. The normalized spacial score (nSPS) is 22.7. The molecule has 0 N–H and O–H groups in total. The number of carbonyl (C=O) groups excluding carboxylic acids is 2. The zero-order valence-electron chi connectivity index (χ0n) is 20.9. The summed E-state index contributed by atoms with van der Waals surface area (Å²) < 4.78 is 1.92. The van der Waals surface area contributed by atoms with Gasteiger partial charge in [0.25, 0.3) is 5.91 Å².